The van der Waals surface area contributed by atoms with Crippen molar-refractivity contribution in [2.24, 2.45) is 4.99 Å². The third-order valence-corrected chi connectivity index (χ3v) is 6.20. The molecule has 3 aliphatic rings. The predicted molar refractivity (Wildman–Crippen MR) is 117 cm³/mol. The van der Waals surface area contributed by atoms with E-state index in [0.29, 0.717) is 18.3 Å². The number of nitrogens with one attached hydrogen (secondary N) is 1. The molecular formula is C23H27N5O. The molecule has 0 unspecified atom stereocenters. The fourth-order valence-corrected chi connectivity index (χ4v) is 4.65. The summed E-state index contributed by atoms with van der Waals surface area (Å²) >= 11 is 0. The molecule has 5 rings (SSSR count). The van der Waals surface area contributed by atoms with Crippen LogP contribution in [0.3, 0.4) is 0 Å². The van der Waals surface area contributed by atoms with Gasteiger partial charge in [0.25, 0.3) is 5.91 Å². The van der Waals surface area contributed by atoms with Gasteiger partial charge < -0.3 is 19.7 Å². The first-order chi connectivity index (χ1) is 14.1. The Hall–Kier alpha value is -3.02. The largest absolute Gasteiger partial charge is 0.346 e. The lowest BCUT2D eigenvalue weighted by atomic mass is 9.93. The maximum atomic E-state index is 12.2. The summed E-state index contributed by atoms with van der Waals surface area (Å²) in [5.41, 5.74) is 5.10. The minimum atomic E-state index is 0.0175. The van der Waals surface area contributed by atoms with E-state index in [1.54, 1.807) is 19.0 Å². The number of aromatic amines is 1. The standard InChI is InChI=1S/C23H27N5O/c1-26(2)23(29)17-10-8-16(9-11-17)21-20-14-27(18-6-4-3-5-7-18)22-19(12-13-24-22)28(20)15-25-21/h8-14,18,24H,3-7,15H2,1-2H3. The van der Waals surface area contributed by atoms with Crippen molar-refractivity contribution in [2.45, 2.75) is 38.1 Å². The monoisotopic (exact) mass is 389 g/mol. The highest BCUT2D eigenvalue weighted by Gasteiger charge is 2.35. The van der Waals surface area contributed by atoms with E-state index in [4.69, 9.17) is 4.99 Å². The number of allylic oxidation sites excluding steroid dienone is 1. The van der Waals surface area contributed by atoms with Gasteiger partial charge in [-0.2, -0.15) is 0 Å². The minimum absolute atomic E-state index is 0.0175. The molecule has 1 aromatic carbocycles. The van der Waals surface area contributed by atoms with Crippen LogP contribution in [0.15, 0.2) is 53.4 Å². The Kier molecular flexibility index (Phi) is 4.42. The van der Waals surface area contributed by atoms with Gasteiger partial charge in [-0.1, -0.05) is 31.4 Å². The molecule has 1 saturated carbocycles. The van der Waals surface area contributed by atoms with Crippen LogP contribution in [-0.4, -0.2) is 48.3 Å². The molecule has 0 spiro atoms. The van der Waals surface area contributed by atoms with Crippen LogP contribution in [-0.2, 0) is 0 Å². The van der Waals surface area contributed by atoms with Gasteiger partial charge in [-0.05, 0) is 31.0 Å². The van der Waals surface area contributed by atoms with E-state index in [1.165, 1.54) is 43.6 Å². The molecular weight excluding hydrogens is 362 g/mol. The van der Waals surface area contributed by atoms with Crippen molar-refractivity contribution < 1.29 is 4.79 Å². The predicted octanol–water partition coefficient (Wildman–Crippen LogP) is 3.98. The quantitative estimate of drug-likeness (QED) is 0.864. The molecule has 1 N–H and O–H groups in total. The number of amides is 1. The van der Waals surface area contributed by atoms with Crippen molar-refractivity contribution in [3.05, 3.63) is 59.6 Å². The second-order valence-electron chi connectivity index (χ2n) is 8.28. The van der Waals surface area contributed by atoms with Crippen molar-refractivity contribution >= 4 is 23.1 Å². The summed E-state index contributed by atoms with van der Waals surface area (Å²) in [6, 6.07) is 10.5. The Morgan fingerprint density at radius 3 is 2.59 bits per heavy atom. The molecule has 1 aromatic heterocycles. The molecule has 2 aliphatic heterocycles. The van der Waals surface area contributed by atoms with E-state index >= 15 is 0 Å². The molecule has 1 fully saturated rings. The van der Waals surface area contributed by atoms with Crippen molar-refractivity contribution in [3.63, 3.8) is 0 Å². The van der Waals surface area contributed by atoms with Crippen LogP contribution in [0, 0.1) is 0 Å². The molecule has 3 heterocycles. The fraction of sp³-hybridized carbons (Fsp3) is 0.391. The van der Waals surface area contributed by atoms with E-state index in [2.05, 4.69) is 27.1 Å². The van der Waals surface area contributed by atoms with Crippen LogP contribution in [0.1, 0.15) is 48.0 Å². The number of carbonyl (C=O) groups is 1. The van der Waals surface area contributed by atoms with Crippen LogP contribution >= 0.6 is 0 Å². The van der Waals surface area contributed by atoms with Gasteiger partial charge in [0.15, 0.2) is 0 Å². The van der Waals surface area contributed by atoms with E-state index in [0.717, 1.165) is 17.0 Å². The van der Waals surface area contributed by atoms with Gasteiger partial charge in [0.1, 0.15) is 12.5 Å². The number of aromatic nitrogens is 1. The van der Waals surface area contributed by atoms with Crippen molar-refractivity contribution in [2.75, 3.05) is 30.6 Å². The van der Waals surface area contributed by atoms with Gasteiger partial charge in [-0.15, -0.1) is 0 Å². The van der Waals surface area contributed by atoms with E-state index in [9.17, 15) is 4.79 Å². The Balaban J connectivity index is 1.48. The lowest BCUT2D eigenvalue weighted by Crippen LogP contribution is -2.39. The highest BCUT2D eigenvalue weighted by Crippen LogP contribution is 2.41. The summed E-state index contributed by atoms with van der Waals surface area (Å²) < 4.78 is 0. The third-order valence-electron chi connectivity index (χ3n) is 6.20. The zero-order chi connectivity index (χ0) is 20.0. The summed E-state index contributed by atoms with van der Waals surface area (Å²) in [7, 11) is 3.55. The van der Waals surface area contributed by atoms with E-state index < -0.39 is 0 Å². The molecule has 0 bridgehead atoms. The topological polar surface area (TPSA) is 54.9 Å². The van der Waals surface area contributed by atoms with Crippen LogP contribution in [0.5, 0.6) is 0 Å². The number of rotatable bonds is 3. The molecule has 6 nitrogen and oxygen atoms in total. The van der Waals surface area contributed by atoms with Crippen LogP contribution in [0.2, 0.25) is 0 Å². The normalized spacial score (nSPS) is 18.8. The number of anilines is 2. The molecule has 1 aliphatic carbocycles. The van der Waals surface area contributed by atoms with Crippen LogP contribution < -0.4 is 9.80 Å². The molecule has 150 valence electrons. The first-order valence-corrected chi connectivity index (χ1v) is 10.5. The number of carbonyl (C=O) groups excluding carboxylic acids is 1. The summed E-state index contributed by atoms with van der Waals surface area (Å²) in [6.07, 6.45) is 10.7. The molecule has 0 atom stereocenters. The zero-order valence-electron chi connectivity index (χ0n) is 17.1. The number of nitrogens with zero attached hydrogens (tertiary/aromatic N) is 4. The number of hydrogen-bond acceptors (Lipinski definition) is 4. The average molecular weight is 390 g/mol. The lowest BCUT2D eigenvalue weighted by molar-refractivity contribution is 0.0827. The van der Waals surface area contributed by atoms with Crippen LogP contribution in [0.25, 0.3) is 0 Å². The van der Waals surface area contributed by atoms with Crippen molar-refractivity contribution in [1.29, 1.82) is 0 Å². The summed E-state index contributed by atoms with van der Waals surface area (Å²) in [4.78, 5) is 26.8. The van der Waals surface area contributed by atoms with Gasteiger partial charge >= 0.3 is 0 Å². The molecule has 29 heavy (non-hydrogen) atoms. The first kappa shape index (κ1) is 18.0. The summed E-state index contributed by atoms with van der Waals surface area (Å²) in [5.74, 6) is 1.20. The van der Waals surface area contributed by atoms with Gasteiger partial charge in [-0.25, -0.2) is 0 Å². The number of H-pyrrole nitrogens is 1. The Morgan fingerprint density at radius 2 is 1.86 bits per heavy atom. The molecule has 0 saturated heterocycles. The number of hydrogen-bond donors (Lipinski definition) is 1. The first-order valence-electron chi connectivity index (χ1n) is 10.5. The Morgan fingerprint density at radius 1 is 1.10 bits per heavy atom. The zero-order valence-corrected chi connectivity index (χ0v) is 17.1. The summed E-state index contributed by atoms with van der Waals surface area (Å²) in [5, 5.41) is 0. The lowest BCUT2D eigenvalue weighted by Gasteiger charge is -2.38. The molecule has 6 heteroatoms. The molecule has 1 amide bonds. The van der Waals surface area contributed by atoms with Crippen molar-refractivity contribution in [1.82, 2.24) is 9.88 Å². The molecule has 2 aromatic rings. The Bertz CT molecular complexity index is 979. The number of fused-ring (bicyclic) bond motifs is 3. The maximum absolute atomic E-state index is 12.2. The van der Waals surface area contributed by atoms with Gasteiger partial charge in [0.2, 0.25) is 0 Å². The fourth-order valence-electron chi connectivity index (χ4n) is 4.65. The van der Waals surface area contributed by atoms with Gasteiger partial charge in [0, 0.05) is 43.7 Å². The SMILES string of the molecule is CN(C)C(=O)c1ccc(C2=NCN3C2=CN(C2CCCCC2)c2[nH]ccc23)cc1. The number of benzene rings is 1. The van der Waals surface area contributed by atoms with Crippen molar-refractivity contribution in [3.8, 4) is 0 Å². The van der Waals surface area contributed by atoms with Gasteiger partial charge in [-0.3, -0.25) is 9.79 Å². The Labute approximate surface area is 171 Å². The third kappa shape index (κ3) is 3.03. The number of aliphatic imine (C=N–C) groups is 1. The second kappa shape index (κ2) is 7.10. The van der Waals surface area contributed by atoms with Crippen LogP contribution in [0.4, 0.5) is 11.5 Å². The van der Waals surface area contributed by atoms with Gasteiger partial charge in [0.05, 0.1) is 17.1 Å². The van der Waals surface area contributed by atoms with E-state index in [-0.39, 0.29) is 5.91 Å². The molecule has 0 radical (unpaired) electrons. The van der Waals surface area contributed by atoms with E-state index in [1.807, 2.05) is 30.5 Å². The minimum Gasteiger partial charge on any atom is -0.346 e. The highest BCUT2D eigenvalue weighted by molar-refractivity contribution is 6.17. The average Bonchev–Trinajstić information content (AvgIpc) is 3.40. The second-order valence-corrected chi connectivity index (χ2v) is 8.28. The maximum Gasteiger partial charge on any atom is 0.253 e. The smallest absolute Gasteiger partial charge is 0.253 e. The summed E-state index contributed by atoms with van der Waals surface area (Å²) in [6.45, 7) is 0.628. The highest BCUT2D eigenvalue weighted by atomic mass is 16.2.